The number of rotatable bonds is 17. The van der Waals surface area contributed by atoms with E-state index in [9.17, 15) is 24.3 Å². The highest BCUT2D eigenvalue weighted by Crippen LogP contribution is 2.10. The van der Waals surface area contributed by atoms with Gasteiger partial charge in [-0.25, -0.2) is 4.79 Å². The van der Waals surface area contributed by atoms with E-state index in [1.54, 1.807) is 36.0 Å². The third-order valence-electron chi connectivity index (χ3n) is 5.45. The molecule has 6 N–H and O–H groups in total. The molecule has 1 rings (SSSR count). The maximum Gasteiger partial charge on any atom is 0.326 e. The van der Waals surface area contributed by atoms with E-state index >= 15 is 0 Å². The summed E-state index contributed by atoms with van der Waals surface area (Å²) in [5.74, 6) is -1.24. The minimum absolute atomic E-state index is 0.101. The summed E-state index contributed by atoms with van der Waals surface area (Å²) in [4.78, 5) is 50.6. The number of carbonyl (C=O) groups excluding carboxylic acids is 3. The smallest absolute Gasteiger partial charge is 0.326 e. The molecule has 0 fully saturated rings. The molecular weight excluding hydrogens is 500 g/mol. The number of nitrogens with one attached hydrogen (secondary N) is 3. The SMILES string of the molecule is CSCCC(N)C(=O)NC(CC(C)C)C(=O)NC(CCSC)C(=O)NC(Cc1ccccc1)C(=O)O. The molecule has 0 radical (unpaired) electrons. The van der Waals surface area contributed by atoms with Crippen molar-refractivity contribution in [3.8, 4) is 0 Å². The van der Waals surface area contributed by atoms with Crippen LogP contribution in [0.2, 0.25) is 0 Å². The van der Waals surface area contributed by atoms with Crippen molar-refractivity contribution >= 4 is 47.2 Å². The fraction of sp³-hybridized carbons (Fsp3) is 0.600. The van der Waals surface area contributed by atoms with E-state index in [0.29, 0.717) is 25.0 Å². The van der Waals surface area contributed by atoms with E-state index in [1.807, 2.05) is 32.4 Å². The van der Waals surface area contributed by atoms with Crippen molar-refractivity contribution in [1.82, 2.24) is 16.0 Å². The Morgan fingerprint density at radius 2 is 1.36 bits per heavy atom. The van der Waals surface area contributed by atoms with Gasteiger partial charge in [-0.05, 0) is 54.8 Å². The predicted molar refractivity (Wildman–Crippen MR) is 147 cm³/mol. The van der Waals surface area contributed by atoms with Gasteiger partial charge in [-0.15, -0.1) is 0 Å². The largest absolute Gasteiger partial charge is 0.480 e. The summed E-state index contributed by atoms with van der Waals surface area (Å²) in [5.41, 5.74) is 6.74. The number of carbonyl (C=O) groups is 4. The van der Waals surface area contributed by atoms with Crippen LogP contribution < -0.4 is 21.7 Å². The van der Waals surface area contributed by atoms with Gasteiger partial charge in [-0.3, -0.25) is 14.4 Å². The van der Waals surface area contributed by atoms with E-state index in [0.717, 1.165) is 11.3 Å². The number of amides is 3. The number of benzene rings is 1. The van der Waals surface area contributed by atoms with Crippen molar-refractivity contribution in [2.75, 3.05) is 24.0 Å². The van der Waals surface area contributed by atoms with Crippen molar-refractivity contribution in [2.24, 2.45) is 11.7 Å². The fourth-order valence-corrected chi connectivity index (χ4v) is 4.42. The molecule has 36 heavy (non-hydrogen) atoms. The Kier molecular flexibility index (Phi) is 15.2. The summed E-state index contributed by atoms with van der Waals surface area (Å²) in [5, 5.41) is 17.7. The zero-order valence-electron chi connectivity index (χ0n) is 21.5. The number of nitrogens with two attached hydrogens (primary N) is 1. The lowest BCUT2D eigenvalue weighted by Crippen LogP contribution is -2.57. The van der Waals surface area contributed by atoms with Crippen LogP contribution in [-0.4, -0.2) is 77.0 Å². The topological polar surface area (TPSA) is 151 Å². The van der Waals surface area contributed by atoms with Gasteiger partial charge in [0.05, 0.1) is 6.04 Å². The van der Waals surface area contributed by atoms with Gasteiger partial charge in [0.25, 0.3) is 0 Å². The molecule has 0 spiro atoms. The summed E-state index contributed by atoms with van der Waals surface area (Å²) in [7, 11) is 0. The summed E-state index contributed by atoms with van der Waals surface area (Å²) in [6.07, 6.45) is 5.09. The average Bonchev–Trinajstić information content (AvgIpc) is 2.84. The Hall–Kier alpha value is -2.24. The van der Waals surface area contributed by atoms with Crippen LogP contribution in [-0.2, 0) is 25.6 Å². The number of carboxylic acid groups (broad SMARTS) is 1. The van der Waals surface area contributed by atoms with Gasteiger partial charge < -0.3 is 26.8 Å². The quantitative estimate of drug-likeness (QED) is 0.200. The first-order valence-corrected chi connectivity index (χ1v) is 14.8. The lowest BCUT2D eigenvalue weighted by Gasteiger charge is -2.26. The summed E-state index contributed by atoms with van der Waals surface area (Å²) < 4.78 is 0. The second-order valence-corrected chi connectivity index (χ2v) is 11.0. The molecule has 9 nitrogen and oxygen atoms in total. The molecule has 4 unspecified atom stereocenters. The molecule has 1 aromatic carbocycles. The Morgan fingerprint density at radius 3 is 1.92 bits per heavy atom. The molecule has 0 bridgehead atoms. The minimum Gasteiger partial charge on any atom is -0.480 e. The van der Waals surface area contributed by atoms with Crippen molar-refractivity contribution in [1.29, 1.82) is 0 Å². The van der Waals surface area contributed by atoms with E-state index in [2.05, 4.69) is 16.0 Å². The van der Waals surface area contributed by atoms with E-state index in [-0.39, 0.29) is 12.3 Å². The molecule has 1 aromatic rings. The van der Waals surface area contributed by atoms with Crippen LogP contribution in [0.15, 0.2) is 30.3 Å². The Labute approximate surface area is 222 Å². The highest BCUT2D eigenvalue weighted by Gasteiger charge is 2.30. The van der Waals surface area contributed by atoms with Gasteiger partial charge in [0.15, 0.2) is 0 Å². The molecule has 0 saturated heterocycles. The highest BCUT2D eigenvalue weighted by molar-refractivity contribution is 7.98. The maximum atomic E-state index is 13.2. The summed E-state index contributed by atoms with van der Waals surface area (Å²) in [6, 6.07) is 5.33. The lowest BCUT2D eigenvalue weighted by atomic mass is 10.0. The molecule has 202 valence electrons. The zero-order chi connectivity index (χ0) is 27.1. The van der Waals surface area contributed by atoms with E-state index in [4.69, 9.17) is 5.73 Å². The first-order chi connectivity index (χ1) is 17.1. The zero-order valence-corrected chi connectivity index (χ0v) is 23.1. The summed E-state index contributed by atoms with van der Waals surface area (Å²) in [6.45, 7) is 3.86. The molecule has 0 aliphatic carbocycles. The van der Waals surface area contributed by atoms with Crippen molar-refractivity contribution < 1.29 is 24.3 Å². The van der Waals surface area contributed by atoms with Crippen LogP contribution in [0.25, 0.3) is 0 Å². The standard InChI is InChI=1S/C25H40N4O5S2/c1-16(2)14-20(28-22(30)18(26)10-12-35-3)24(32)27-19(11-13-36-4)23(31)29-21(25(33)34)15-17-8-6-5-7-9-17/h5-9,16,18-21H,10-15,26H2,1-4H3,(H,27,32)(H,28,30)(H,29,31)(H,33,34). The lowest BCUT2D eigenvalue weighted by molar-refractivity contribution is -0.142. The fourth-order valence-electron chi connectivity index (χ4n) is 3.46. The van der Waals surface area contributed by atoms with Gasteiger partial charge in [0, 0.05) is 6.42 Å². The van der Waals surface area contributed by atoms with Crippen LogP contribution in [0.3, 0.4) is 0 Å². The average molecular weight is 541 g/mol. The molecule has 4 atom stereocenters. The molecular formula is C25H40N4O5S2. The van der Waals surface area contributed by atoms with Crippen LogP contribution in [0.5, 0.6) is 0 Å². The molecule has 0 heterocycles. The van der Waals surface area contributed by atoms with E-state index in [1.165, 1.54) is 11.8 Å². The van der Waals surface area contributed by atoms with Crippen molar-refractivity contribution in [3.05, 3.63) is 35.9 Å². The van der Waals surface area contributed by atoms with Gasteiger partial charge in [-0.2, -0.15) is 23.5 Å². The molecule has 3 amide bonds. The van der Waals surface area contributed by atoms with Gasteiger partial charge >= 0.3 is 5.97 Å². The first-order valence-electron chi connectivity index (χ1n) is 12.0. The Morgan fingerprint density at radius 1 is 0.833 bits per heavy atom. The Bertz CT molecular complexity index is 841. The second kappa shape index (κ2) is 17.3. The van der Waals surface area contributed by atoms with E-state index < -0.39 is 47.9 Å². The monoisotopic (exact) mass is 540 g/mol. The van der Waals surface area contributed by atoms with Gasteiger partial charge in [0.1, 0.15) is 18.1 Å². The summed E-state index contributed by atoms with van der Waals surface area (Å²) >= 11 is 3.09. The second-order valence-electron chi connectivity index (χ2n) is 9.01. The number of carboxylic acids is 1. The third-order valence-corrected chi connectivity index (χ3v) is 6.74. The third kappa shape index (κ3) is 12.1. The number of hydrogen-bond acceptors (Lipinski definition) is 7. The minimum atomic E-state index is -1.16. The predicted octanol–water partition coefficient (Wildman–Crippen LogP) is 1.65. The number of aliphatic carboxylic acids is 1. The van der Waals surface area contributed by atoms with Crippen LogP contribution in [0.1, 0.15) is 38.7 Å². The van der Waals surface area contributed by atoms with Gasteiger partial charge in [0.2, 0.25) is 17.7 Å². The molecule has 0 saturated carbocycles. The van der Waals surface area contributed by atoms with Crippen LogP contribution in [0.4, 0.5) is 0 Å². The number of hydrogen-bond donors (Lipinski definition) is 5. The molecule has 11 heteroatoms. The highest BCUT2D eigenvalue weighted by atomic mass is 32.2. The first kappa shape index (κ1) is 31.8. The van der Waals surface area contributed by atoms with Crippen LogP contribution >= 0.6 is 23.5 Å². The maximum absolute atomic E-state index is 13.2. The normalized spacial score (nSPS) is 14.4. The molecule has 0 aliphatic heterocycles. The number of thioether (sulfide) groups is 2. The van der Waals surface area contributed by atoms with Crippen molar-refractivity contribution in [3.63, 3.8) is 0 Å². The Balaban J connectivity index is 2.95. The van der Waals surface area contributed by atoms with Crippen LogP contribution in [0, 0.1) is 5.92 Å². The van der Waals surface area contributed by atoms with Crippen molar-refractivity contribution in [2.45, 2.75) is 63.7 Å². The molecule has 0 aromatic heterocycles. The van der Waals surface area contributed by atoms with Gasteiger partial charge in [-0.1, -0.05) is 44.2 Å². The molecule has 0 aliphatic rings.